The minimum atomic E-state index is -0.497. The lowest BCUT2D eigenvalue weighted by atomic mass is 9.71. The number of carbonyl (C=O) groups excluding carboxylic acids is 1. The Bertz CT molecular complexity index is 735. The molecule has 3 fully saturated rings. The summed E-state index contributed by atoms with van der Waals surface area (Å²) in [4.78, 5) is 19.2. The van der Waals surface area contributed by atoms with Gasteiger partial charge in [0.25, 0.3) is 0 Å². The highest BCUT2D eigenvalue weighted by atomic mass is 19.1. The molecule has 148 valence electrons. The standard InChI is InChI=1S/C21H30FN3O2/c1-13-8-16(22)6-7-19(13)24-14(2)23-12-18-11-15-9-17(10-15)25(18)20(26)27-21(3,4)5/h6-8,15,17-18H,9-12H2,1-5H3,(H,23,24). The summed E-state index contributed by atoms with van der Waals surface area (Å²) in [6.07, 6.45) is 2.89. The SMILES string of the molecule is CC(=NCC1CC2CC(C2)N1C(=O)OC(C)(C)C)Nc1ccc(F)cc1C. The van der Waals surface area contributed by atoms with Crippen molar-refractivity contribution in [3.8, 4) is 0 Å². The number of amidine groups is 1. The smallest absolute Gasteiger partial charge is 0.410 e. The van der Waals surface area contributed by atoms with Gasteiger partial charge in [-0.15, -0.1) is 0 Å². The molecule has 1 aliphatic carbocycles. The lowest BCUT2D eigenvalue weighted by Gasteiger charge is -2.53. The summed E-state index contributed by atoms with van der Waals surface area (Å²) in [6.45, 7) is 9.98. The number of ether oxygens (including phenoxy) is 1. The predicted octanol–water partition coefficient (Wildman–Crippen LogP) is 4.75. The van der Waals surface area contributed by atoms with Gasteiger partial charge in [0.2, 0.25) is 0 Å². The van der Waals surface area contributed by atoms with Gasteiger partial charge in [0.1, 0.15) is 11.4 Å². The summed E-state index contributed by atoms with van der Waals surface area (Å²) >= 11 is 0. The Kier molecular flexibility index (Phi) is 5.45. The summed E-state index contributed by atoms with van der Waals surface area (Å²) in [7, 11) is 0. The number of nitrogens with zero attached hydrogens (tertiary/aromatic N) is 2. The van der Waals surface area contributed by atoms with Crippen LogP contribution in [0.2, 0.25) is 0 Å². The van der Waals surface area contributed by atoms with E-state index in [0.717, 1.165) is 36.3 Å². The van der Waals surface area contributed by atoms with Crippen LogP contribution in [0.1, 0.15) is 52.5 Å². The van der Waals surface area contributed by atoms with E-state index in [4.69, 9.17) is 4.74 Å². The monoisotopic (exact) mass is 375 g/mol. The van der Waals surface area contributed by atoms with Crippen LogP contribution in [0, 0.1) is 18.7 Å². The van der Waals surface area contributed by atoms with Gasteiger partial charge in [-0.2, -0.15) is 0 Å². The molecule has 2 saturated heterocycles. The molecule has 1 N–H and O–H groups in total. The average molecular weight is 375 g/mol. The molecular formula is C21H30FN3O2. The summed E-state index contributed by atoms with van der Waals surface area (Å²) in [5, 5.41) is 3.23. The number of halogens is 1. The number of fused-ring (bicyclic) bond motifs is 2. The first-order valence-corrected chi connectivity index (χ1v) is 9.68. The lowest BCUT2D eigenvalue weighted by Crippen LogP contribution is -2.60. The van der Waals surface area contributed by atoms with Gasteiger partial charge in [-0.25, -0.2) is 9.18 Å². The van der Waals surface area contributed by atoms with Crippen LogP contribution >= 0.6 is 0 Å². The first kappa shape index (κ1) is 19.6. The maximum absolute atomic E-state index is 13.2. The second kappa shape index (κ2) is 7.49. The molecule has 5 nitrogen and oxygen atoms in total. The maximum atomic E-state index is 13.2. The van der Waals surface area contributed by atoms with Gasteiger partial charge in [-0.3, -0.25) is 4.99 Å². The number of aryl methyl sites for hydroxylation is 1. The molecule has 3 aliphatic rings. The molecule has 0 radical (unpaired) electrons. The minimum Gasteiger partial charge on any atom is -0.444 e. The molecule has 4 rings (SSSR count). The van der Waals surface area contributed by atoms with E-state index in [0.29, 0.717) is 12.5 Å². The van der Waals surface area contributed by atoms with E-state index in [-0.39, 0.29) is 24.0 Å². The van der Waals surface area contributed by atoms with Crippen LogP contribution in [-0.2, 0) is 4.74 Å². The number of amides is 1. The molecular weight excluding hydrogens is 345 g/mol. The second-order valence-electron chi connectivity index (χ2n) is 8.78. The van der Waals surface area contributed by atoms with Crippen LogP contribution in [0.25, 0.3) is 0 Å². The van der Waals surface area contributed by atoms with Crippen molar-refractivity contribution >= 4 is 17.6 Å². The van der Waals surface area contributed by atoms with Crippen LogP contribution < -0.4 is 5.32 Å². The van der Waals surface area contributed by atoms with Crippen molar-refractivity contribution in [2.45, 2.75) is 71.6 Å². The zero-order valence-corrected chi connectivity index (χ0v) is 16.9. The van der Waals surface area contributed by atoms with Crippen molar-refractivity contribution in [3.05, 3.63) is 29.6 Å². The van der Waals surface area contributed by atoms with Crippen LogP contribution in [0.3, 0.4) is 0 Å². The summed E-state index contributed by atoms with van der Waals surface area (Å²) < 4.78 is 18.9. The third-order valence-electron chi connectivity index (χ3n) is 5.25. The fourth-order valence-corrected chi connectivity index (χ4v) is 3.94. The Morgan fingerprint density at radius 2 is 2.04 bits per heavy atom. The Morgan fingerprint density at radius 3 is 2.67 bits per heavy atom. The number of anilines is 1. The topological polar surface area (TPSA) is 53.9 Å². The van der Waals surface area contributed by atoms with Gasteiger partial charge in [-0.05, 0) is 83.6 Å². The van der Waals surface area contributed by atoms with Crippen molar-refractivity contribution in [2.75, 3.05) is 11.9 Å². The summed E-state index contributed by atoms with van der Waals surface area (Å²) in [5.74, 6) is 1.21. The molecule has 1 amide bonds. The molecule has 1 saturated carbocycles. The van der Waals surface area contributed by atoms with E-state index >= 15 is 0 Å². The molecule has 1 unspecified atom stereocenters. The van der Waals surface area contributed by atoms with Gasteiger partial charge in [0.05, 0.1) is 18.4 Å². The number of nitrogens with one attached hydrogen (secondary N) is 1. The van der Waals surface area contributed by atoms with Crippen molar-refractivity contribution < 1.29 is 13.9 Å². The largest absolute Gasteiger partial charge is 0.444 e. The number of benzene rings is 1. The molecule has 1 aromatic rings. The maximum Gasteiger partial charge on any atom is 0.410 e. The quantitative estimate of drug-likeness (QED) is 0.612. The molecule has 1 atom stereocenters. The Morgan fingerprint density at radius 1 is 1.33 bits per heavy atom. The van der Waals surface area contributed by atoms with Crippen molar-refractivity contribution in [1.82, 2.24) is 4.90 Å². The molecule has 1 aromatic carbocycles. The van der Waals surface area contributed by atoms with E-state index in [1.165, 1.54) is 12.1 Å². The third kappa shape index (κ3) is 4.79. The zero-order chi connectivity index (χ0) is 19.8. The fourth-order valence-electron chi connectivity index (χ4n) is 3.94. The van der Waals surface area contributed by atoms with E-state index in [1.54, 1.807) is 6.07 Å². The highest BCUT2D eigenvalue weighted by molar-refractivity contribution is 5.94. The summed E-state index contributed by atoms with van der Waals surface area (Å²) in [6, 6.07) is 5.00. The molecule has 0 aromatic heterocycles. The average Bonchev–Trinajstić information content (AvgIpc) is 2.53. The van der Waals surface area contributed by atoms with E-state index < -0.39 is 5.60 Å². The highest BCUT2D eigenvalue weighted by Gasteiger charge is 2.47. The van der Waals surface area contributed by atoms with Gasteiger partial charge >= 0.3 is 6.09 Å². The summed E-state index contributed by atoms with van der Waals surface area (Å²) in [5.41, 5.74) is 1.18. The number of carbonyl (C=O) groups is 1. The highest BCUT2D eigenvalue weighted by Crippen LogP contribution is 2.43. The third-order valence-corrected chi connectivity index (χ3v) is 5.25. The van der Waals surface area contributed by atoms with Gasteiger partial charge < -0.3 is 15.0 Å². The van der Waals surface area contributed by atoms with Crippen molar-refractivity contribution in [2.24, 2.45) is 10.9 Å². The molecule has 2 heterocycles. The van der Waals surface area contributed by atoms with Crippen LogP contribution in [-0.4, -0.2) is 41.1 Å². The second-order valence-corrected chi connectivity index (χ2v) is 8.78. The van der Waals surface area contributed by atoms with Gasteiger partial charge in [0, 0.05) is 11.7 Å². The molecule has 0 spiro atoms. The van der Waals surface area contributed by atoms with Gasteiger partial charge in [-0.1, -0.05) is 0 Å². The van der Waals surface area contributed by atoms with Crippen LogP contribution in [0.4, 0.5) is 14.9 Å². The van der Waals surface area contributed by atoms with E-state index in [1.807, 2.05) is 39.5 Å². The number of hydrogen-bond acceptors (Lipinski definition) is 3. The Balaban J connectivity index is 1.65. The molecule has 6 heteroatoms. The first-order chi connectivity index (χ1) is 12.6. The van der Waals surface area contributed by atoms with Crippen LogP contribution in [0.15, 0.2) is 23.2 Å². The van der Waals surface area contributed by atoms with Crippen molar-refractivity contribution in [3.63, 3.8) is 0 Å². The molecule has 2 aliphatic heterocycles. The van der Waals surface area contributed by atoms with E-state index in [2.05, 4.69) is 10.3 Å². The van der Waals surface area contributed by atoms with Crippen LogP contribution in [0.5, 0.6) is 0 Å². The molecule has 2 bridgehead atoms. The number of aliphatic imine (C=N–C) groups is 1. The first-order valence-electron chi connectivity index (χ1n) is 9.68. The van der Waals surface area contributed by atoms with E-state index in [9.17, 15) is 9.18 Å². The Labute approximate surface area is 161 Å². The Hall–Kier alpha value is -2.11. The number of piperidine rings is 2. The van der Waals surface area contributed by atoms with Gasteiger partial charge in [0.15, 0.2) is 0 Å². The molecule has 27 heavy (non-hydrogen) atoms. The predicted molar refractivity (Wildman–Crippen MR) is 106 cm³/mol. The fraction of sp³-hybridized carbons (Fsp3) is 0.619. The lowest BCUT2D eigenvalue weighted by molar-refractivity contribution is -0.0492. The normalized spacial score (nSPS) is 25.0. The minimum absolute atomic E-state index is 0.0726. The zero-order valence-electron chi connectivity index (χ0n) is 16.9. The number of hydrogen-bond donors (Lipinski definition) is 1. The number of rotatable bonds is 3. The van der Waals surface area contributed by atoms with Crippen molar-refractivity contribution in [1.29, 1.82) is 0 Å².